The summed E-state index contributed by atoms with van der Waals surface area (Å²) in [5, 5.41) is 13.1. The van der Waals surface area contributed by atoms with E-state index in [0.29, 0.717) is 11.5 Å². The molecule has 2 heterocycles. The Labute approximate surface area is 119 Å². The Morgan fingerprint density at radius 3 is 2.71 bits per heavy atom. The number of anilines is 1. The highest BCUT2D eigenvalue weighted by molar-refractivity contribution is 5.83. The minimum absolute atomic E-state index is 0.145. The van der Waals surface area contributed by atoms with Gasteiger partial charge in [0, 0.05) is 6.07 Å². The summed E-state index contributed by atoms with van der Waals surface area (Å²) in [6, 6.07) is 9.06. The van der Waals surface area contributed by atoms with Gasteiger partial charge in [-0.15, -0.1) is 0 Å². The van der Waals surface area contributed by atoms with Crippen LogP contribution in [-0.4, -0.2) is 24.9 Å². The van der Waals surface area contributed by atoms with Crippen LogP contribution in [0.4, 0.5) is 5.82 Å². The van der Waals surface area contributed by atoms with Crippen molar-refractivity contribution in [3.8, 4) is 0 Å². The van der Waals surface area contributed by atoms with Crippen LogP contribution < -0.4 is 17.2 Å². The number of para-hydroxylation sites is 2. The Morgan fingerprint density at radius 1 is 1.29 bits per heavy atom. The van der Waals surface area contributed by atoms with E-state index in [-0.39, 0.29) is 23.9 Å². The van der Waals surface area contributed by atoms with Gasteiger partial charge in [0.2, 0.25) is 0 Å². The van der Waals surface area contributed by atoms with Crippen molar-refractivity contribution in [1.82, 2.24) is 19.7 Å². The largest absolute Gasteiger partial charge is 0.393 e. The molecule has 0 atom stereocenters. The summed E-state index contributed by atoms with van der Waals surface area (Å²) in [6.07, 6.45) is 0. The number of aromatic nitrogens is 4. The van der Waals surface area contributed by atoms with Gasteiger partial charge in [-0.3, -0.25) is 0 Å². The maximum atomic E-state index is 9.07. The van der Waals surface area contributed by atoms with Gasteiger partial charge in [-0.05, 0) is 12.1 Å². The molecule has 8 heteroatoms. The van der Waals surface area contributed by atoms with Gasteiger partial charge in [0.15, 0.2) is 11.6 Å². The Balaban J connectivity index is 2.09. The third-order valence-corrected chi connectivity index (χ3v) is 3.10. The SMILES string of the molecule is N/C(=C(/N)n1nc(CO)cc1N)c1nc2ccccc2[nH]1. The normalized spacial score (nSPS) is 12.6. The van der Waals surface area contributed by atoms with Gasteiger partial charge in [0.05, 0.1) is 23.3 Å². The zero-order chi connectivity index (χ0) is 15.0. The minimum atomic E-state index is -0.227. The van der Waals surface area contributed by atoms with E-state index in [4.69, 9.17) is 22.3 Å². The molecule has 0 bridgehead atoms. The number of nitrogens with two attached hydrogens (primary N) is 3. The molecule has 0 spiro atoms. The van der Waals surface area contributed by atoms with Crippen molar-refractivity contribution in [3.05, 3.63) is 41.9 Å². The number of nitrogens with zero attached hydrogens (tertiary/aromatic N) is 3. The molecule has 0 aliphatic heterocycles. The predicted molar refractivity (Wildman–Crippen MR) is 80.1 cm³/mol. The Bertz CT molecular complexity index is 797. The number of rotatable bonds is 3. The second-order valence-electron chi connectivity index (χ2n) is 4.53. The first-order chi connectivity index (χ1) is 10.1. The summed E-state index contributed by atoms with van der Waals surface area (Å²) in [6.45, 7) is -0.227. The third kappa shape index (κ3) is 2.17. The highest BCUT2D eigenvalue weighted by atomic mass is 16.3. The van der Waals surface area contributed by atoms with Gasteiger partial charge in [-0.25, -0.2) is 4.98 Å². The van der Waals surface area contributed by atoms with Gasteiger partial charge in [-0.1, -0.05) is 12.1 Å². The Morgan fingerprint density at radius 2 is 2.05 bits per heavy atom. The summed E-state index contributed by atoms with van der Waals surface area (Å²) in [7, 11) is 0. The molecule has 0 saturated heterocycles. The molecule has 108 valence electrons. The van der Waals surface area contributed by atoms with Crippen LogP contribution in [0.5, 0.6) is 0 Å². The number of imidazole rings is 1. The van der Waals surface area contributed by atoms with Gasteiger partial charge in [0.25, 0.3) is 0 Å². The first-order valence-corrected chi connectivity index (χ1v) is 6.26. The Kier molecular flexibility index (Phi) is 2.99. The van der Waals surface area contributed by atoms with Crippen molar-refractivity contribution in [3.63, 3.8) is 0 Å². The van der Waals surface area contributed by atoms with Crippen LogP contribution in [0.3, 0.4) is 0 Å². The van der Waals surface area contributed by atoms with E-state index in [1.54, 1.807) is 0 Å². The van der Waals surface area contributed by atoms with Gasteiger partial charge in [0.1, 0.15) is 11.5 Å². The summed E-state index contributed by atoms with van der Waals surface area (Å²) in [5.41, 5.74) is 20.1. The molecule has 2 aromatic heterocycles. The average molecular weight is 285 g/mol. The number of aliphatic hydroxyl groups is 1. The summed E-state index contributed by atoms with van der Waals surface area (Å²) in [5.74, 6) is 0.871. The predicted octanol–water partition coefficient (Wildman–Crippen LogP) is 0.0346. The molecule has 1 aromatic carbocycles. The van der Waals surface area contributed by atoms with E-state index in [1.807, 2.05) is 24.3 Å². The standard InChI is InChI=1S/C13H15N7O/c14-10-5-7(6-21)19-20(10)12(16)11(15)13-17-8-3-1-2-4-9(8)18-13/h1-5,21H,6,14-16H2,(H,17,18)/b12-11-. The van der Waals surface area contributed by atoms with E-state index < -0.39 is 0 Å². The number of nitrogens with one attached hydrogen (secondary N) is 1. The molecule has 0 amide bonds. The fourth-order valence-electron chi connectivity index (χ4n) is 2.03. The van der Waals surface area contributed by atoms with Crippen LogP contribution in [0, 0.1) is 0 Å². The summed E-state index contributed by atoms with van der Waals surface area (Å²) < 4.78 is 1.27. The third-order valence-electron chi connectivity index (χ3n) is 3.10. The molecule has 8 nitrogen and oxygen atoms in total. The second kappa shape index (κ2) is 4.84. The van der Waals surface area contributed by atoms with Crippen molar-refractivity contribution in [2.24, 2.45) is 11.5 Å². The number of H-pyrrole nitrogens is 1. The summed E-state index contributed by atoms with van der Waals surface area (Å²) >= 11 is 0. The van der Waals surface area contributed by atoms with E-state index in [2.05, 4.69) is 15.1 Å². The number of benzene rings is 1. The van der Waals surface area contributed by atoms with Gasteiger partial charge >= 0.3 is 0 Å². The zero-order valence-electron chi connectivity index (χ0n) is 11.1. The highest BCUT2D eigenvalue weighted by Crippen LogP contribution is 2.18. The molecule has 0 saturated carbocycles. The molecular formula is C13H15N7O. The van der Waals surface area contributed by atoms with Crippen molar-refractivity contribution >= 4 is 28.4 Å². The van der Waals surface area contributed by atoms with Crippen LogP contribution in [0.25, 0.3) is 22.6 Å². The number of fused-ring (bicyclic) bond motifs is 1. The molecule has 0 unspecified atom stereocenters. The van der Waals surface area contributed by atoms with E-state index in [0.717, 1.165) is 11.0 Å². The van der Waals surface area contributed by atoms with E-state index >= 15 is 0 Å². The lowest BCUT2D eigenvalue weighted by atomic mass is 10.3. The maximum Gasteiger partial charge on any atom is 0.158 e. The van der Waals surface area contributed by atoms with Crippen molar-refractivity contribution in [2.45, 2.75) is 6.61 Å². The van der Waals surface area contributed by atoms with Crippen molar-refractivity contribution in [1.29, 1.82) is 0 Å². The zero-order valence-corrected chi connectivity index (χ0v) is 11.1. The van der Waals surface area contributed by atoms with Gasteiger partial charge < -0.3 is 27.3 Å². The van der Waals surface area contributed by atoms with E-state index in [9.17, 15) is 0 Å². The average Bonchev–Trinajstić information content (AvgIpc) is 3.08. The lowest BCUT2D eigenvalue weighted by Gasteiger charge is -2.06. The van der Waals surface area contributed by atoms with Crippen LogP contribution in [0.1, 0.15) is 11.5 Å². The minimum Gasteiger partial charge on any atom is -0.393 e. The number of hydrogen-bond donors (Lipinski definition) is 5. The first kappa shape index (κ1) is 13.0. The fourth-order valence-corrected chi connectivity index (χ4v) is 2.03. The second-order valence-corrected chi connectivity index (χ2v) is 4.53. The smallest absolute Gasteiger partial charge is 0.158 e. The lowest BCUT2D eigenvalue weighted by Crippen LogP contribution is -2.17. The van der Waals surface area contributed by atoms with Crippen LogP contribution in [-0.2, 0) is 6.61 Å². The fraction of sp³-hybridized carbons (Fsp3) is 0.0769. The molecule has 0 fully saturated rings. The molecule has 3 rings (SSSR count). The quantitative estimate of drug-likeness (QED) is 0.459. The molecule has 3 aromatic rings. The molecular weight excluding hydrogens is 270 g/mol. The Hall–Kier alpha value is -3.00. The number of nitrogen functional groups attached to an aromatic ring is 1. The van der Waals surface area contributed by atoms with Crippen LogP contribution in [0.15, 0.2) is 30.3 Å². The van der Waals surface area contributed by atoms with Crippen LogP contribution in [0.2, 0.25) is 0 Å². The molecule has 21 heavy (non-hydrogen) atoms. The van der Waals surface area contributed by atoms with Crippen LogP contribution >= 0.6 is 0 Å². The molecule has 0 aliphatic rings. The number of aromatic amines is 1. The van der Waals surface area contributed by atoms with Crippen molar-refractivity contribution in [2.75, 3.05) is 5.73 Å². The number of hydrogen-bond acceptors (Lipinski definition) is 6. The lowest BCUT2D eigenvalue weighted by molar-refractivity contribution is 0.276. The molecule has 0 radical (unpaired) electrons. The maximum absolute atomic E-state index is 9.07. The highest BCUT2D eigenvalue weighted by Gasteiger charge is 2.13. The topological polar surface area (TPSA) is 145 Å². The monoisotopic (exact) mass is 285 g/mol. The van der Waals surface area contributed by atoms with Gasteiger partial charge in [-0.2, -0.15) is 9.78 Å². The first-order valence-electron chi connectivity index (χ1n) is 6.26. The molecule has 8 N–H and O–H groups in total. The van der Waals surface area contributed by atoms with Crippen molar-refractivity contribution < 1.29 is 5.11 Å². The van der Waals surface area contributed by atoms with E-state index in [1.165, 1.54) is 10.7 Å². The molecule has 0 aliphatic carbocycles. The number of aliphatic hydroxyl groups excluding tert-OH is 1. The summed E-state index contributed by atoms with van der Waals surface area (Å²) in [4.78, 5) is 7.45.